The summed E-state index contributed by atoms with van der Waals surface area (Å²) in [5.41, 5.74) is 0. The van der Waals surface area contributed by atoms with Crippen molar-refractivity contribution in [1.82, 2.24) is 14.7 Å². The van der Waals surface area contributed by atoms with Gasteiger partial charge in [0.25, 0.3) is 0 Å². The molecule has 0 aromatic heterocycles. The molecule has 1 N–H and O–H groups in total. The van der Waals surface area contributed by atoms with Crippen LogP contribution in [-0.2, 0) is 0 Å². The Labute approximate surface area is 98.8 Å². The lowest BCUT2D eigenvalue weighted by atomic mass is 10.1. The zero-order valence-electron chi connectivity index (χ0n) is 10.6. The minimum Gasteiger partial charge on any atom is -0.396 e. The summed E-state index contributed by atoms with van der Waals surface area (Å²) >= 11 is 0. The van der Waals surface area contributed by atoms with Gasteiger partial charge in [0.2, 0.25) is 0 Å². The number of likely N-dealkylation sites (tertiary alicyclic amines) is 1. The molecule has 2 unspecified atom stereocenters. The molecule has 2 aliphatic heterocycles. The van der Waals surface area contributed by atoms with Crippen LogP contribution in [0.3, 0.4) is 0 Å². The molecule has 2 saturated heterocycles. The summed E-state index contributed by atoms with van der Waals surface area (Å²) < 4.78 is 0. The quantitative estimate of drug-likeness (QED) is 0.707. The van der Waals surface area contributed by atoms with Crippen LogP contribution in [0.4, 0.5) is 0 Å². The van der Waals surface area contributed by atoms with Gasteiger partial charge in [-0.15, -0.1) is 0 Å². The first kappa shape index (κ1) is 12.3. The monoisotopic (exact) mass is 227 g/mol. The molecule has 2 heterocycles. The van der Waals surface area contributed by atoms with Crippen molar-refractivity contribution in [2.75, 3.05) is 60.0 Å². The molecule has 2 atom stereocenters. The molecule has 0 aromatic rings. The zero-order chi connectivity index (χ0) is 11.5. The highest BCUT2D eigenvalue weighted by molar-refractivity contribution is 4.84. The van der Waals surface area contributed by atoms with E-state index in [4.69, 9.17) is 5.11 Å². The van der Waals surface area contributed by atoms with Crippen LogP contribution in [0.25, 0.3) is 0 Å². The van der Waals surface area contributed by atoms with Crippen LogP contribution in [0, 0.1) is 5.92 Å². The van der Waals surface area contributed by atoms with Crippen molar-refractivity contribution in [2.24, 2.45) is 5.92 Å². The lowest BCUT2D eigenvalue weighted by Crippen LogP contribution is -2.54. The molecule has 0 aromatic carbocycles. The van der Waals surface area contributed by atoms with E-state index in [1.54, 1.807) is 0 Å². The Morgan fingerprint density at radius 2 is 1.94 bits per heavy atom. The maximum Gasteiger partial charge on any atom is 0.0471 e. The van der Waals surface area contributed by atoms with Crippen molar-refractivity contribution in [1.29, 1.82) is 0 Å². The molecule has 0 spiro atoms. The first-order valence-corrected chi connectivity index (χ1v) is 6.41. The standard InChI is InChI=1S/C12H25N3O/c1-13-5-6-14(2)12(8-13)9-15-4-3-11(7-15)10-16/h11-12,16H,3-10H2,1-2H3. The predicted molar refractivity (Wildman–Crippen MR) is 65.5 cm³/mol. The van der Waals surface area contributed by atoms with Crippen LogP contribution >= 0.6 is 0 Å². The van der Waals surface area contributed by atoms with E-state index < -0.39 is 0 Å². The molecule has 0 aliphatic carbocycles. The summed E-state index contributed by atoms with van der Waals surface area (Å²) in [7, 11) is 4.44. The third kappa shape index (κ3) is 2.94. The molecule has 2 aliphatic rings. The molecular formula is C12H25N3O. The summed E-state index contributed by atoms with van der Waals surface area (Å²) in [5.74, 6) is 0.520. The predicted octanol–water partition coefficient (Wildman–Crippen LogP) is -0.454. The lowest BCUT2D eigenvalue weighted by Gasteiger charge is -2.39. The van der Waals surface area contributed by atoms with Gasteiger partial charge in [-0.25, -0.2) is 0 Å². The smallest absolute Gasteiger partial charge is 0.0471 e. The van der Waals surface area contributed by atoms with Gasteiger partial charge < -0.3 is 14.9 Å². The average Bonchev–Trinajstić information content (AvgIpc) is 2.71. The van der Waals surface area contributed by atoms with Crippen molar-refractivity contribution in [3.8, 4) is 0 Å². The van der Waals surface area contributed by atoms with Gasteiger partial charge in [-0.3, -0.25) is 4.90 Å². The van der Waals surface area contributed by atoms with Crippen LogP contribution in [0.2, 0.25) is 0 Å². The SMILES string of the molecule is CN1CCN(C)C(CN2CCC(CO)C2)C1. The highest BCUT2D eigenvalue weighted by Gasteiger charge is 2.28. The topological polar surface area (TPSA) is 30.0 Å². The van der Waals surface area contributed by atoms with Crippen molar-refractivity contribution in [3.05, 3.63) is 0 Å². The van der Waals surface area contributed by atoms with E-state index in [-0.39, 0.29) is 0 Å². The van der Waals surface area contributed by atoms with Gasteiger partial charge in [0.05, 0.1) is 0 Å². The van der Waals surface area contributed by atoms with Gasteiger partial charge in [0.15, 0.2) is 0 Å². The second kappa shape index (κ2) is 5.45. The molecular weight excluding hydrogens is 202 g/mol. The van der Waals surface area contributed by atoms with Gasteiger partial charge >= 0.3 is 0 Å². The molecule has 0 bridgehead atoms. The minimum absolute atomic E-state index is 0.358. The molecule has 94 valence electrons. The number of hydrogen-bond donors (Lipinski definition) is 1. The number of aliphatic hydroxyl groups is 1. The fourth-order valence-electron chi connectivity index (χ4n) is 2.82. The van der Waals surface area contributed by atoms with Gasteiger partial charge in [-0.1, -0.05) is 0 Å². The van der Waals surface area contributed by atoms with Crippen LogP contribution < -0.4 is 0 Å². The summed E-state index contributed by atoms with van der Waals surface area (Å²) in [6, 6.07) is 0.663. The first-order chi connectivity index (χ1) is 7.69. The number of likely N-dealkylation sites (N-methyl/N-ethyl adjacent to an activating group) is 2. The summed E-state index contributed by atoms with van der Waals surface area (Å²) in [5, 5.41) is 9.14. The van der Waals surface area contributed by atoms with E-state index in [0.29, 0.717) is 18.6 Å². The molecule has 4 heteroatoms. The zero-order valence-corrected chi connectivity index (χ0v) is 10.6. The van der Waals surface area contributed by atoms with Crippen LogP contribution in [0.15, 0.2) is 0 Å². The summed E-state index contributed by atoms with van der Waals surface area (Å²) in [6.45, 7) is 7.32. The van der Waals surface area contributed by atoms with Crippen LogP contribution in [0.1, 0.15) is 6.42 Å². The average molecular weight is 227 g/mol. The minimum atomic E-state index is 0.358. The van der Waals surface area contributed by atoms with Crippen LogP contribution in [-0.4, -0.2) is 85.8 Å². The number of nitrogens with zero attached hydrogens (tertiary/aromatic N) is 3. The highest BCUT2D eigenvalue weighted by Crippen LogP contribution is 2.17. The second-order valence-corrected chi connectivity index (χ2v) is 5.49. The third-order valence-corrected chi connectivity index (χ3v) is 4.08. The van der Waals surface area contributed by atoms with E-state index in [0.717, 1.165) is 13.1 Å². The van der Waals surface area contributed by atoms with Crippen molar-refractivity contribution >= 4 is 0 Å². The number of aliphatic hydroxyl groups excluding tert-OH is 1. The Balaban J connectivity index is 1.80. The molecule has 4 nitrogen and oxygen atoms in total. The number of rotatable bonds is 3. The van der Waals surface area contributed by atoms with Crippen LogP contribution in [0.5, 0.6) is 0 Å². The largest absolute Gasteiger partial charge is 0.396 e. The summed E-state index contributed by atoms with van der Waals surface area (Å²) in [6.07, 6.45) is 1.17. The van der Waals surface area contributed by atoms with E-state index in [2.05, 4.69) is 28.8 Å². The Morgan fingerprint density at radius 1 is 1.12 bits per heavy atom. The van der Waals surface area contributed by atoms with Crippen molar-refractivity contribution < 1.29 is 5.11 Å². The molecule has 2 fully saturated rings. The summed E-state index contributed by atoms with van der Waals surface area (Å²) in [4.78, 5) is 7.41. The Morgan fingerprint density at radius 3 is 2.62 bits per heavy atom. The Hall–Kier alpha value is -0.160. The van der Waals surface area contributed by atoms with E-state index in [1.165, 1.54) is 32.6 Å². The third-order valence-electron chi connectivity index (χ3n) is 4.08. The van der Waals surface area contributed by atoms with Crippen molar-refractivity contribution in [3.63, 3.8) is 0 Å². The Bertz CT molecular complexity index is 224. The molecule has 0 radical (unpaired) electrons. The van der Waals surface area contributed by atoms with Gasteiger partial charge in [0, 0.05) is 45.4 Å². The first-order valence-electron chi connectivity index (χ1n) is 6.41. The van der Waals surface area contributed by atoms with Gasteiger partial charge in [-0.2, -0.15) is 0 Å². The van der Waals surface area contributed by atoms with Crippen molar-refractivity contribution in [2.45, 2.75) is 12.5 Å². The molecule has 2 rings (SSSR count). The fraction of sp³-hybridized carbons (Fsp3) is 1.00. The maximum atomic E-state index is 9.14. The van der Waals surface area contributed by atoms with E-state index in [1.807, 2.05) is 0 Å². The highest BCUT2D eigenvalue weighted by atomic mass is 16.3. The van der Waals surface area contributed by atoms with Gasteiger partial charge in [-0.05, 0) is 33.0 Å². The number of piperazine rings is 1. The maximum absolute atomic E-state index is 9.14. The van der Waals surface area contributed by atoms with E-state index in [9.17, 15) is 0 Å². The normalized spacial score (nSPS) is 34.7. The number of hydrogen-bond acceptors (Lipinski definition) is 4. The van der Waals surface area contributed by atoms with E-state index >= 15 is 0 Å². The molecule has 0 saturated carbocycles. The molecule has 0 amide bonds. The molecule has 16 heavy (non-hydrogen) atoms. The fourth-order valence-corrected chi connectivity index (χ4v) is 2.82. The Kier molecular flexibility index (Phi) is 4.19. The second-order valence-electron chi connectivity index (χ2n) is 5.49. The lowest BCUT2D eigenvalue weighted by molar-refractivity contribution is 0.0869. The van der Waals surface area contributed by atoms with Gasteiger partial charge in [0.1, 0.15) is 0 Å².